The number of nitrogens with zero attached hydrogens (tertiary/aromatic N) is 4. The van der Waals surface area contributed by atoms with Crippen molar-refractivity contribution in [3.8, 4) is 11.1 Å². The minimum Gasteiger partial charge on any atom is -0.320 e. The molecule has 1 amide bonds. The van der Waals surface area contributed by atoms with E-state index in [1.54, 1.807) is 71.1 Å². The lowest BCUT2D eigenvalue weighted by Crippen LogP contribution is -2.16. The van der Waals surface area contributed by atoms with Crippen LogP contribution in [0.15, 0.2) is 119 Å². The smallest absolute Gasteiger partial charge is 0.274 e. The van der Waals surface area contributed by atoms with Crippen molar-refractivity contribution in [3.05, 3.63) is 126 Å². The van der Waals surface area contributed by atoms with Gasteiger partial charge in [0.25, 0.3) is 5.91 Å². The van der Waals surface area contributed by atoms with E-state index in [1.165, 1.54) is 11.9 Å². The standard InChI is InChI=1S/C32H24ClN7O2S2/c33-17-24-8-7-13-28(37-24)32(41)38-29-15-21(16-30(27(29)18-34)39-44(42)26-11-5-2-6-12-26)22-14-23-20-36-40(31(23)35-19-22)43-25-9-3-1-4-10-25/h1-16,18-20,34,39H,17H2,(H,38,41). The first-order chi connectivity index (χ1) is 21.5. The van der Waals surface area contributed by atoms with Crippen LogP contribution in [0.2, 0.25) is 0 Å². The molecule has 3 aromatic heterocycles. The van der Waals surface area contributed by atoms with Gasteiger partial charge in [0.05, 0.1) is 34.0 Å². The fraction of sp³-hybridized carbons (Fsp3) is 0.0312. The average Bonchev–Trinajstić information content (AvgIpc) is 3.47. The van der Waals surface area contributed by atoms with Gasteiger partial charge in [0.15, 0.2) is 5.65 Å². The number of carbonyl (C=O) groups is 1. The summed E-state index contributed by atoms with van der Waals surface area (Å²) in [5.41, 5.74) is 3.94. The summed E-state index contributed by atoms with van der Waals surface area (Å²) in [5, 5.41) is 16.4. The first-order valence-electron chi connectivity index (χ1n) is 13.3. The Labute approximate surface area is 265 Å². The largest absolute Gasteiger partial charge is 0.320 e. The van der Waals surface area contributed by atoms with Crippen LogP contribution in [0.4, 0.5) is 11.4 Å². The first-order valence-corrected chi connectivity index (χ1v) is 15.8. The maximum absolute atomic E-state index is 13.3. The zero-order valence-corrected chi connectivity index (χ0v) is 25.4. The third kappa shape index (κ3) is 6.40. The van der Waals surface area contributed by atoms with Crippen molar-refractivity contribution in [2.75, 3.05) is 10.0 Å². The molecule has 6 rings (SSSR count). The molecule has 0 spiro atoms. The predicted octanol–water partition coefficient (Wildman–Crippen LogP) is 7.17. The molecule has 6 aromatic rings. The van der Waals surface area contributed by atoms with Crippen molar-refractivity contribution in [3.63, 3.8) is 0 Å². The number of halogens is 1. The van der Waals surface area contributed by atoms with E-state index in [1.807, 2.05) is 42.5 Å². The Balaban J connectivity index is 1.40. The van der Waals surface area contributed by atoms with Gasteiger partial charge in [-0.2, -0.15) is 9.19 Å². The zero-order chi connectivity index (χ0) is 30.5. The van der Waals surface area contributed by atoms with Gasteiger partial charge in [0, 0.05) is 45.8 Å². The number of aromatic nitrogens is 4. The van der Waals surface area contributed by atoms with Crippen LogP contribution < -0.4 is 10.0 Å². The quantitative estimate of drug-likeness (QED) is 0.108. The normalized spacial score (nSPS) is 11.7. The van der Waals surface area contributed by atoms with Crippen molar-refractivity contribution in [1.82, 2.24) is 19.2 Å². The van der Waals surface area contributed by atoms with E-state index in [2.05, 4.69) is 20.1 Å². The van der Waals surface area contributed by atoms with Crippen LogP contribution in [-0.2, 0) is 16.9 Å². The summed E-state index contributed by atoms with van der Waals surface area (Å²) in [7, 11) is -1.64. The molecule has 0 bridgehead atoms. The lowest BCUT2D eigenvalue weighted by Gasteiger charge is -2.17. The average molecular weight is 638 g/mol. The molecule has 0 aliphatic rings. The summed E-state index contributed by atoms with van der Waals surface area (Å²) in [4.78, 5) is 23.9. The lowest BCUT2D eigenvalue weighted by atomic mass is 10.0. The van der Waals surface area contributed by atoms with Crippen molar-refractivity contribution in [2.45, 2.75) is 15.7 Å². The van der Waals surface area contributed by atoms with Gasteiger partial charge in [-0.15, -0.1) is 11.6 Å². The molecule has 0 saturated heterocycles. The Morgan fingerprint density at radius 1 is 0.932 bits per heavy atom. The lowest BCUT2D eigenvalue weighted by molar-refractivity contribution is 0.102. The summed E-state index contributed by atoms with van der Waals surface area (Å²) in [6.07, 6.45) is 4.58. The maximum atomic E-state index is 13.3. The SMILES string of the molecule is N=Cc1c(NC(=O)c2cccc(CCl)n2)cc(-c2cnc3c(cnn3Sc3ccccc3)c2)cc1NS(=O)c1ccccc1. The molecule has 3 aromatic carbocycles. The van der Waals surface area contributed by atoms with E-state index < -0.39 is 16.9 Å². The van der Waals surface area contributed by atoms with Crippen LogP contribution in [0.3, 0.4) is 0 Å². The van der Waals surface area contributed by atoms with E-state index in [0.717, 1.165) is 22.1 Å². The number of alkyl halides is 1. The minimum atomic E-state index is -1.64. The van der Waals surface area contributed by atoms with Gasteiger partial charge in [-0.05, 0) is 60.2 Å². The number of benzene rings is 3. The second-order valence-corrected chi connectivity index (χ2v) is 12.0. The highest BCUT2D eigenvalue weighted by Crippen LogP contribution is 2.34. The molecule has 3 N–H and O–H groups in total. The second kappa shape index (κ2) is 13.2. The van der Waals surface area contributed by atoms with Crippen LogP contribution in [0.5, 0.6) is 0 Å². The van der Waals surface area contributed by atoms with Gasteiger partial charge in [-0.3, -0.25) is 4.79 Å². The molecule has 0 aliphatic heterocycles. The van der Waals surface area contributed by atoms with Crippen LogP contribution >= 0.6 is 23.5 Å². The summed E-state index contributed by atoms with van der Waals surface area (Å²) in [5.74, 6) is -0.308. The molecular formula is C32H24ClN7O2S2. The van der Waals surface area contributed by atoms with Crippen LogP contribution in [-0.4, -0.2) is 35.5 Å². The molecule has 9 nitrogen and oxygen atoms in total. The summed E-state index contributed by atoms with van der Waals surface area (Å²) in [6, 6.07) is 29.4. The van der Waals surface area contributed by atoms with Crippen molar-refractivity contribution >= 4 is 69.1 Å². The number of hydrogen-bond donors (Lipinski definition) is 3. The highest BCUT2D eigenvalue weighted by Gasteiger charge is 2.18. The van der Waals surface area contributed by atoms with Gasteiger partial charge in [-0.25, -0.2) is 14.2 Å². The van der Waals surface area contributed by atoms with E-state index >= 15 is 0 Å². The molecule has 0 radical (unpaired) electrons. The molecule has 44 heavy (non-hydrogen) atoms. The number of carbonyl (C=O) groups excluding carboxylic acids is 1. The number of rotatable bonds is 10. The molecule has 3 heterocycles. The number of anilines is 2. The predicted molar refractivity (Wildman–Crippen MR) is 177 cm³/mol. The topological polar surface area (TPSA) is 126 Å². The molecule has 0 aliphatic carbocycles. The molecule has 1 unspecified atom stereocenters. The van der Waals surface area contributed by atoms with Crippen LogP contribution in [0, 0.1) is 5.41 Å². The molecule has 1 atom stereocenters. The van der Waals surface area contributed by atoms with Crippen molar-refractivity contribution in [1.29, 1.82) is 5.41 Å². The number of nitrogens with one attached hydrogen (secondary N) is 3. The molecule has 218 valence electrons. The van der Waals surface area contributed by atoms with Crippen molar-refractivity contribution in [2.24, 2.45) is 0 Å². The first kappa shape index (κ1) is 29.2. The van der Waals surface area contributed by atoms with Crippen molar-refractivity contribution < 1.29 is 9.00 Å². The van der Waals surface area contributed by atoms with Crippen LogP contribution in [0.1, 0.15) is 21.7 Å². The summed E-state index contributed by atoms with van der Waals surface area (Å²) < 4.78 is 18.1. The number of amides is 1. The monoisotopic (exact) mass is 637 g/mol. The summed E-state index contributed by atoms with van der Waals surface area (Å²) >= 11 is 7.39. The summed E-state index contributed by atoms with van der Waals surface area (Å²) in [6.45, 7) is 0. The second-order valence-electron chi connectivity index (χ2n) is 9.47. The van der Waals surface area contributed by atoms with E-state index in [0.29, 0.717) is 38.7 Å². The van der Waals surface area contributed by atoms with Gasteiger partial charge >= 0.3 is 0 Å². The van der Waals surface area contributed by atoms with Gasteiger partial charge in [0.1, 0.15) is 16.7 Å². The molecular weight excluding hydrogens is 614 g/mol. The molecule has 0 fully saturated rings. The third-order valence-corrected chi connectivity index (χ3v) is 8.86. The minimum absolute atomic E-state index is 0.164. The Kier molecular flexibility index (Phi) is 8.78. The Morgan fingerprint density at radius 3 is 2.43 bits per heavy atom. The molecule has 0 saturated carbocycles. The number of pyridine rings is 2. The van der Waals surface area contributed by atoms with E-state index in [9.17, 15) is 9.00 Å². The fourth-order valence-electron chi connectivity index (χ4n) is 4.44. The third-order valence-electron chi connectivity index (χ3n) is 6.56. The van der Waals surface area contributed by atoms with E-state index in [-0.39, 0.29) is 11.6 Å². The van der Waals surface area contributed by atoms with Crippen LogP contribution in [0.25, 0.3) is 22.2 Å². The Hall–Kier alpha value is -4.84. The maximum Gasteiger partial charge on any atom is 0.274 e. The highest BCUT2D eigenvalue weighted by molar-refractivity contribution is 7.97. The van der Waals surface area contributed by atoms with E-state index in [4.69, 9.17) is 22.0 Å². The van der Waals surface area contributed by atoms with Gasteiger partial charge < -0.3 is 15.4 Å². The zero-order valence-electron chi connectivity index (χ0n) is 23.0. The van der Waals surface area contributed by atoms with Gasteiger partial charge in [0.2, 0.25) is 0 Å². The highest BCUT2D eigenvalue weighted by atomic mass is 35.5. The Bertz CT molecular complexity index is 2000. The van der Waals surface area contributed by atoms with Gasteiger partial charge in [-0.1, -0.05) is 42.5 Å². The number of fused-ring (bicyclic) bond motifs is 1. The fourth-order valence-corrected chi connectivity index (χ4v) is 6.29. The number of hydrogen-bond acceptors (Lipinski definition) is 7. The molecule has 12 heteroatoms. The Morgan fingerprint density at radius 2 is 1.68 bits per heavy atom.